The fourth-order valence-electron chi connectivity index (χ4n) is 2.46. The lowest BCUT2D eigenvalue weighted by molar-refractivity contribution is -0.705. The molecule has 9 nitrogen and oxygen atoms in total. The first-order chi connectivity index (χ1) is 14.3. The number of benzene rings is 2. The van der Waals surface area contributed by atoms with Gasteiger partial charge in [0.25, 0.3) is 5.03 Å². The monoisotopic (exact) mass is 449 g/mol. The van der Waals surface area contributed by atoms with Gasteiger partial charge in [-0.3, -0.25) is 4.79 Å². The van der Waals surface area contributed by atoms with E-state index >= 15 is 0 Å². The zero-order chi connectivity index (χ0) is 21.8. The van der Waals surface area contributed by atoms with Crippen LogP contribution in [0.5, 0.6) is 11.7 Å². The zero-order valence-corrected chi connectivity index (χ0v) is 17.4. The van der Waals surface area contributed by atoms with E-state index in [0.717, 1.165) is 11.8 Å². The zero-order valence-electron chi connectivity index (χ0n) is 15.8. The average Bonchev–Trinajstić information content (AvgIpc) is 3.09. The Balaban J connectivity index is 1.77. The Bertz CT molecular complexity index is 1090. The molecule has 0 saturated heterocycles. The summed E-state index contributed by atoms with van der Waals surface area (Å²) in [5.74, 6) is -1.70. The van der Waals surface area contributed by atoms with Crippen molar-refractivity contribution in [2.24, 2.45) is 0 Å². The average molecular weight is 450 g/mol. The minimum Gasteiger partial charge on any atom is -0.538 e. The van der Waals surface area contributed by atoms with E-state index in [0.29, 0.717) is 11.4 Å². The standard InChI is InChI=1S/C19H16ClN3O6S/c1-10(16(24)21-11-3-8-15(20)14(9-11)18(25)26)30-17-19(27)29-22-23(17)12-4-6-13(28-2)7-5-12/h3-10H,1-2H3,(H2-,21,22,24,25,26,27). The molecular weight excluding hydrogens is 434 g/mol. The third-order valence-electron chi connectivity index (χ3n) is 4.01. The molecule has 1 aromatic heterocycles. The van der Waals surface area contributed by atoms with Crippen LogP contribution in [0, 0.1) is 0 Å². The van der Waals surface area contributed by atoms with Crippen LogP contribution in [0.1, 0.15) is 17.3 Å². The van der Waals surface area contributed by atoms with Crippen molar-refractivity contribution in [3.63, 3.8) is 0 Å². The van der Waals surface area contributed by atoms with Crippen LogP contribution in [0.15, 0.2) is 52.0 Å². The Kier molecular flexibility index (Phi) is 6.48. The molecular formula is C19H16ClN3O6S. The molecule has 0 aliphatic rings. The van der Waals surface area contributed by atoms with Gasteiger partial charge in [-0.1, -0.05) is 11.6 Å². The molecule has 0 aliphatic carbocycles. The summed E-state index contributed by atoms with van der Waals surface area (Å²) < 4.78 is 11.2. The highest BCUT2D eigenvalue weighted by molar-refractivity contribution is 8.00. The summed E-state index contributed by atoms with van der Waals surface area (Å²) in [6, 6.07) is 10.9. The second kappa shape index (κ2) is 9.06. The number of halogens is 1. The second-order valence-electron chi connectivity index (χ2n) is 6.02. The van der Waals surface area contributed by atoms with E-state index in [4.69, 9.17) is 26.0 Å². The lowest BCUT2D eigenvalue weighted by atomic mass is 10.2. The molecule has 0 aliphatic heterocycles. The smallest absolute Gasteiger partial charge is 0.337 e. The molecule has 1 atom stereocenters. The number of ether oxygens (including phenoxy) is 1. The van der Waals surface area contributed by atoms with E-state index < -0.39 is 23.1 Å². The highest BCUT2D eigenvalue weighted by Gasteiger charge is 2.27. The Morgan fingerprint density at radius 2 is 2.00 bits per heavy atom. The molecule has 156 valence electrons. The van der Waals surface area contributed by atoms with E-state index in [-0.39, 0.29) is 21.3 Å². The molecule has 1 unspecified atom stereocenters. The summed E-state index contributed by atoms with van der Waals surface area (Å²) in [5, 5.41) is 27.0. The number of carboxylic acids is 1. The van der Waals surface area contributed by atoms with Crippen molar-refractivity contribution in [2.75, 3.05) is 12.4 Å². The van der Waals surface area contributed by atoms with Crippen molar-refractivity contribution in [1.82, 2.24) is 5.27 Å². The normalized spacial score (nSPS) is 11.7. The molecule has 0 radical (unpaired) electrons. The third-order valence-corrected chi connectivity index (χ3v) is 5.47. The molecule has 0 saturated carbocycles. The van der Waals surface area contributed by atoms with Gasteiger partial charge in [0.05, 0.1) is 28.2 Å². The quantitative estimate of drug-likeness (QED) is 0.416. The molecule has 0 spiro atoms. The Morgan fingerprint density at radius 1 is 1.30 bits per heavy atom. The Hall–Kier alpha value is -3.24. The van der Waals surface area contributed by atoms with E-state index in [1.54, 1.807) is 31.2 Å². The number of amides is 1. The number of aromatic nitrogens is 2. The van der Waals surface area contributed by atoms with Gasteiger partial charge in [0, 0.05) is 17.8 Å². The largest absolute Gasteiger partial charge is 0.538 e. The van der Waals surface area contributed by atoms with Crippen LogP contribution in [0.3, 0.4) is 0 Å². The first-order valence-electron chi connectivity index (χ1n) is 8.54. The first kappa shape index (κ1) is 21.5. The lowest BCUT2D eigenvalue weighted by Crippen LogP contribution is -2.36. The Morgan fingerprint density at radius 3 is 2.63 bits per heavy atom. The molecule has 0 fully saturated rings. The maximum atomic E-state index is 12.6. The number of carbonyl (C=O) groups excluding carboxylic acids is 1. The number of carboxylic acid groups (broad SMARTS) is 1. The van der Waals surface area contributed by atoms with Gasteiger partial charge in [-0.15, -0.1) is 0 Å². The summed E-state index contributed by atoms with van der Waals surface area (Å²) in [6.07, 6.45) is 0. The van der Waals surface area contributed by atoms with Crippen LogP contribution in [0.25, 0.3) is 5.69 Å². The van der Waals surface area contributed by atoms with Gasteiger partial charge in [0.2, 0.25) is 11.6 Å². The number of thioether (sulfide) groups is 1. The van der Waals surface area contributed by atoms with Crippen LogP contribution in [-0.4, -0.2) is 34.6 Å². The summed E-state index contributed by atoms with van der Waals surface area (Å²) in [4.78, 5) is 23.7. The van der Waals surface area contributed by atoms with Crippen molar-refractivity contribution in [1.29, 1.82) is 0 Å². The highest BCUT2D eigenvalue weighted by atomic mass is 35.5. The molecule has 3 rings (SSSR count). The Labute approximate surface area is 180 Å². The van der Waals surface area contributed by atoms with Crippen LogP contribution >= 0.6 is 23.4 Å². The lowest BCUT2D eigenvalue weighted by Gasteiger charge is -2.11. The summed E-state index contributed by atoms with van der Waals surface area (Å²) >= 11 is 6.79. The van der Waals surface area contributed by atoms with Crippen molar-refractivity contribution >= 4 is 40.9 Å². The number of carbonyl (C=O) groups is 2. The SMILES string of the molecule is COc1ccc(-[n+]2noc([O-])c2SC(C)C(=O)Nc2ccc(Cl)c(C(=O)O)c2)cc1. The summed E-state index contributed by atoms with van der Waals surface area (Å²) in [5.41, 5.74) is 0.693. The van der Waals surface area contributed by atoms with Crippen molar-refractivity contribution in [2.45, 2.75) is 17.2 Å². The summed E-state index contributed by atoms with van der Waals surface area (Å²) in [7, 11) is 1.54. The molecule has 1 amide bonds. The van der Waals surface area contributed by atoms with Gasteiger partial charge >= 0.3 is 5.97 Å². The van der Waals surface area contributed by atoms with E-state index in [2.05, 4.69) is 10.6 Å². The molecule has 0 bridgehead atoms. The molecule has 1 heterocycles. The second-order valence-corrected chi connectivity index (χ2v) is 7.76. The topological polar surface area (TPSA) is 129 Å². The van der Waals surface area contributed by atoms with Crippen LogP contribution in [0.2, 0.25) is 5.02 Å². The molecule has 2 N–H and O–H groups in total. The number of hydrogen-bond donors (Lipinski definition) is 2. The van der Waals surface area contributed by atoms with Gasteiger partial charge in [-0.05, 0) is 53.7 Å². The minimum absolute atomic E-state index is 0.0592. The van der Waals surface area contributed by atoms with Gasteiger partial charge in [0.15, 0.2) is 5.95 Å². The van der Waals surface area contributed by atoms with E-state index in [1.165, 1.54) is 30.0 Å². The predicted octanol–water partition coefficient (Wildman–Crippen LogP) is 2.50. The van der Waals surface area contributed by atoms with Crippen LogP contribution < -0.4 is 19.8 Å². The molecule has 3 aromatic rings. The molecule has 30 heavy (non-hydrogen) atoms. The highest BCUT2D eigenvalue weighted by Crippen LogP contribution is 2.29. The number of hydrogen-bond acceptors (Lipinski definition) is 7. The fourth-order valence-corrected chi connectivity index (χ4v) is 3.53. The van der Waals surface area contributed by atoms with Crippen LogP contribution in [0.4, 0.5) is 5.69 Å². The summed E-state index contributed by atoms with van der Waals surface area (Å²) in [6.45, 7) is 1.60. The van der Waals surface area contributed by atoms with E-state index in [9.17, 15) is 14.7 Å². The van der Waals surface area contributed by atoms with Crippen molar-refractivity contribution in [3.05, 3.63) is 53.1 Å². The molecule has 11 heteroatoms. The molecule has 2 aromatic carbocycles. The van der Waals surface area contributed by atoms with Gasteiger partial charge in [-0.2, -0.15) is 0 Å². The van der Waals surface area contributed by atoms with E-state index in [1.807, 2.05) is 0 Å². The number of aromatic carboxylic acids is 1. The van der Waals surface area contributed by atoms with Crippen molar-refractivity contribution in [3.8, 4) is 17.4 Å². The third kappa shape index (κ3) is 4.66. The maximum Gasteiger partial charge on any atom is 0.337 e. The number of anilines is 1. The van der Waals surface area contributed by atoms with Crippen LogP contribution in [-0.2, 0) is 4.79 Å². The number of nitrogens with zero attached hydrogens (tertiary/aromatic N) is 2. The fraction of sp³-hybridized carbons (Fsp3) is 0.158. The minimum atomic E-state index is -1.21. The number of rotatable bonds is 7. The van der Waals surface area contributed by atoms with Crippen molar-refractivity contribution < 1.29 is 33.7 Å². The number of nitrogens with one attached hydrogen (secondary N) is 1. The van der Waals surface area contributed by atoms with Gasteiger partial charge in [0.1, 0.15) is 5.75 Å². The number of methoxy groups -OCH3 is 1. The first-order valence-corrected chi connectivity index (χ1v) is 9.79. The maximum absolute atomic E-state index is 12.6. The van der Waals surface area contributed by atoms with Gasteiger partial charge < -0.3 is 24.8 Å². The predicted molar refractivity (Wildman–Crippen MR) is 106 cm³/mol. The van der Waals surface area contributed by atoms with Gasteiger partial charge in [-0.25, -0.2) is 4.79 Å².